The van der Waals surface area contributed by atoms with Crippen LogP contribution >= 0.6 is 0 Å². The van der Waals surface area contributed by atoms with E-state index in [0.717, 1.165) is 25.7 Å². The number of rotatable bonds is 3. The Labute approximate surface area is 148 Å². The fraction of sp³-hybridized carbons (Fsp3) is 0.550. The third-order valence-electron chi connectivity index (χ3n) is 5.23. The van der Waals surface area contributed by atoms with Gasteiger partial charge >= 0.3 is 5.97 Å². The molecule has 1 aromatic carbocycles. The number of fused-ring (bicyclic) bond motifs is 1. The highest BCUT2D eigenvalue weighted by Crippen LogP contribution is 2.38. The van der Waals surface area contributed by atoms with Crippen LogP contribution in [0, 0.1) is 11.3 Å². The molecule has 0 saturated heterocycles. The zero-order chi connectivity index (χ0) is 18.0. The average molecular weight is 342 g/mol. The van der Waals surface area contributed by atoms with Crippen molar-refractivity contribution in [2.45, 2.75) is 59.1 Å². The minimum atomic E-state index is -0.363. The molecule has 2 aromatic rings. The molecule has 0 bridgehead atoms. The number of nitrogens with zero attached hydrogens (tertiary/aromatic N) is 2. The Balaban J connectivity index is 1.61. The number of carbonyl (C=O) groups excluding carboxylic acids is 1. The van der Waals surface area contributed by atoms with E-state index in [0.29, 0.717) is 22.2 Å². The molecule has 0 radical (unpaired) electrons. The van der Waals surface area contributed by atoms with Crippen molar-refractivity contribution in [3.8, 4) is 0 Å². The molecule has 0 spiro atoms. The summed E-state index contributed by atoms with van der Waals surface area (Å²) < 4.78 is 6.92. The van der Waals surface area contributed by atoms with Crippen molar-refractivity contribution in [3.63, 3.8) is 0 Å². The van der Waals surface area contributed by atoms with Crippen LogP contribution in [0.3, 0.4) is 0 Å². The molecule has 5 heteroatoms. The van der Waals surface area contributed by atoms with E-state index in [1.54, 1.807) is 18.2 Å². The second kappa shape index (κ2) is 6.98. The van der Waals surface area contributed by atoms with Crippen molar-refractivity contribution in [2.24, 2.45) is 11.3 Å². The lowest BCUT2D eigenvalue weighted by atomic mass is 9.72. The van der Waals surface area contributed by atoms with Gasteiger partial charge in [0, 0.05) is 0 Å². The predicted octanol–water partition coefficient (Wildman–Crippen LogP) is 3.54. The van der Waals surface area contributed by atoms with E-state index < -0.39 is 0 Å². The largest absolute Gasteiger partial charge is 0.461 e. The first kappa shape index (κ1) is 17.6. The fourth-order valence-corrected chi connectivity index (χ4v) is 3.63. The molecule has 0 atom stereocenters. The maximum absolute atomic E-state index is 12.4. The average Bonchev–Trinajstić information content (AvgIpc) is 2.57. The molecule has 1 fully saturated rings. The van der Waals surface area contributed by atoms with Crippen LogP contribution in [0.5, 0.6) is 0 Å². The standard InChI is InChI=1S/C20H26N2O3/c1-20(2,3)14-8-10-15(11-9-14)25-18(23)12-22-13-21-17-7-5-4-6-16(17)19(22)24/h4-7,13-15H,8-12H2,1-3H3. The quantitative estimate of drug-likeness (QED) is 0.801. The highest BCUT2D eigenvalue weighted by atomic mass is 16.5. The number of hydrogen-bond donors (Lipinski definition) is 0. The van der Waals surface area contributed by atoms with Crippen molar-refractivity contribution >= 4 is 16.9 Å². The van der Waals surface area contributed by atoms with Crippen LogP contribution in [0.4, 0.5) is 0 Å². The molecule has 5 nitrogen and oxygen atoms in total. The molecule has 3 rings (SSSR count). The Morgan fingerprint density at radius 2 is 1.88 bits per heavy atom. The molecular formula is C20H26N2O3. The van der Waals surface area contributed by atoms with Gasteiger partial charge in [-0.25, -0.2) is 4.98 Å². The SMILES string of the molecule is CC(C)(C)C1CCC(OC(=O)Cn2cnc3ccccc3c2=O)CC1. The van der Waals surface area contributed by atoms with Gasteiger partial charge in [-0.05, 0) is 49.1 Å². The maximum Gasteiger partial charge on any atom is 0.326 e. The molecule has 0 aliphatic heterocycles. The minimum absolute atomic E-state index is 0.0322. The van der Waals surface area contributed by atoms with Crippen LogP contribution in [0.15, 0.2) is 35.4 Å². The second-order valence-corrected chi connectivity index (χ2v) is 8.02. The summed E-state index contributed by atoms with van der Waals surface area (Å²) in [4.78, 5) is 28.9. The van der Waals surface area contributed by atoms with Crippen molar-refractivity contribution in [3.05, 3.63) is 40.9 Å². The molecule has 1 heterocycles. The van der Waals surface area contributed by atoms with Gasteiger partial charge < -0.3 is 4.74 Å². The number of carbonyl (C=O) groups is 1. The first-order chi connectivity index (χ1) is 11.8. The highest BCUT2D eigenvalue weighted by molar-refractivity contribution is 5.77. The van der Waals surface area contributed by atoms with E-state index in [-0.39, 0.29) is 24.2 Å². The Kier molecular flexibility index (Phi) is 4.93. The fourth-order valence-electron chi connectivity index (χ4n) is 3.63. The molecule has 1 aliphatic rings. The Bertz CT molecular complexity index is 812. The van der Waals surface area contributed by atoms with Gasteiger partial charge in [0.1, 0.15) is 12.6 Å². The lowest BCUT2D eigenvalue weighted by molar-refractivity contribution is -0.152. The van der Waals surface area contributed by atoms with Gasteiger partial charge in [-0.1, -0.05) is 32.9 Å². The normalized spacial score (nSPS) is 21.2. The zero-order valence-electron chi connectivity index (χ0n) is 15.2. The lowest BCUT2D eigenvalue weighted by Gasteiger charge is -2.36. The number of ether oxygens (including phenoxy) is 1. The van der Waals surface area contributed by atoms with Crippen molar-refractivity contribution in [1.29, 1.82) is 0 Å². The first-order valence-corrected chi connectivity index (χ1v) is 8.98. The summed E-state index contributed by atoms with van der Waals surface area (Å²) in [5, 5.41) is 0.517. The predicted molar refractivity (Wildman–Crippen MR) is 97.3 cm³/mol. The summed E-state index contributed by atoms with van der Waals surface area (Å²) in [7, 11) is 0. The highest BCUT2D eigenvalue weighted by Gasteiger charge is 2.31. The molecule has 1 aromatic heterocycles. The molecule has 1 aliphatic carbocycles. The van der Waals surface area contributed by atoms with Crippen LogP contribution in [-0.2, 0) is 16.1 Å². The summed E-state index contributed by atoms with van der Waals surface area (Å²) in [6, 6.07) is 7.14. The van der Waals surface area contributed by atoms with Crippen LogP contribution in [0.25, 0.3) is 10.9 Å². The zero-order valence-corrected chi connectivity index (χ0v) is 15.2. The van der Waals surface area contributed by atoms with E-state index in [4.69, 9.17) is 4.74 Å². The van der Waals surface area contributed by atoms with Crippen molar-refractivity contribution in [2.75, 3.05) is 0 Å². The molecule has 1 saturated carbocycles. The van der Waals surface area contributed by atoms with Gasteiger partial charge in [0.25, 0.3) is 5.56 Å². The molecule has 134 valence electrons. The van der Waals surface area contributed by atoms with Crippen LogP contribution < -0.4 is 5.56 Å². The van der Waals surface area contributed by atoms with E-state index in [2.05, 4.69) is 25.8 Å². The summed E-state index contributed by atoms with van der Waals surface area (Å²) >= 11 is 0. The van der Waals surface area contributed by atoms with E-state index in [1.807, 2.05) is 6.07 Å². The molecule has 0 N–H and O–H groups in total. The number of hydrogen-bond acceptors (Lipinski definition) is 4. The van der Waals surface area contributed by atoms with Crippen molar-refractivity contribution < 1.29 is 9.53 Å². The summed E-state index contributed by atoms with van der Waals surface area (Å²) in [6.07, 6.45) is 5.35. The number of para-hydroxylation sites is 1. The van der Waals surface area contributed by atoms with Gasteiger partial charge in [0.05, 0.1) is 17.2 Å². The smallest absolute Gasteiger partial charge is 0.326 e. The first-order valence-electron chi connectivity index (χ1n) is 8.98. The van der Waals surface area contributed by atoms with E-state index in [1.165, 1.54) is 10.9 Å². The number of benzene rings is 1. The van der Waals surface area contributed by atoms with Gasteiger partial charge in [-0.2, -0.15) is 0 Å². The molecule has 0 unspecified atom stereocenters. The Hall–Kier alpha value is -2.17. The lowest BCUT2D eigenvalue weighted by Crippen LogP contribution is -2.32. The van der Waals surface area contributed by atoms with Crippen LogP contribution in [-0.4, -0.2) is 21.6 Å². The maximum atomic E-state index is 12.4. The van der Waals surface area contributed by atoms with E-state index in [9.17, 15) is 9.59 Å². The summed E-state index contributed by atoms with van der Waals surface area (Å²) in [5.74, 6) is 0.313. The van der Waals surface area contributed by atoms with Crippen molar-refractivity contribution in [1.82, 2.24) is 9.55 Å². The third-order valence-corrected chi connectivity index (χ3v) is 5.23. The monoisotopic (exact) mass is 342 g/mol. The summed E-state index contributed by atoms with van der Waals surface area (Å²) in [6.45, 7) is 6.71. The topological polar surface area (TPSA) is 61.2 Å². The Morgan fingerprint density at radius 3 is 2.56 bits per heavy atom. The second-order valence-electron chi connectivity index (χ2n) is 8.02. The summed E-state index contributed by atoms with van der Waals surface area (Å²) in [5.41, 5.74) is 0.732. The van der Waals surface area contributed by atoms with E-state index >= 15 is 0 Å². The molecule has 25 heavy (non-hydrogen) atoms. The van der Waals surface area contributed by atoms with Crippen LogP contribution in [0.1, 0.15) is 46.5 Å². The van der Waals surface area contributed by atoms with Gasteiger partial charge in [-0.15, -0.1) is 0 Å². The minimum Gasteiger partial charge on any atom is -0.461 e. The number of esters is 1. The van der Waals surface area contributed by atoms with Gasteiger partial charge in [0.15, 0.2) is 0 Å². The van der Waals surface area contributed by atoms with Crippen LogP contribution in [0.2, 0.25) is 0 Å². The third kappa shape index (κ3) is 4.09. The van der Waals surface area contributed by atoms with Gasteiger partial charge in [0.2, 0.25) is 0 Å². The Morgan fingerprint density at radius 1 is 1.20 bits per heavy atom. The number of aromatic nitrogens is 2. The molecular weight excluding hydrogens is 316 g/mol. The molecule has 0 amide bonds. The van der Waals surface area contributed by atoms with Gasteiger partial charge in [-0.3, -0.25) is 14.2 Å².